The molecule has 6 heteroatoms. The van der Waals surface area contributed by atoms with Crippen molar-refractivity contribution < 1.29 is 23.8 Å². The number of benzene rings is 2. The highest BCUT2D eigenvalue weighted by Gasteiger charge is 2.54. The number of rotatable bonds is 5. The van der Waals surface area contributed by atoms with Crippen LogP contribution in [0, 0.1) is 0 Å². The van der Waals surface area contributed by atoms with Crippen LogP contribution in [0.4, 0.5) is 0 Å². The van der Waals surface area contributed by atoms with Crippen LogP contribution in [-0.2, 0) is 25.5 Å². The summed E-state index contributed by atoms with van der Waals surface area (Å²) < 4.78 is 15.5. The van der Waals surface area contributed by atoms with E-state index in [0.29, 0.717) is 11.3 Å². The highest BCUT2D eigenvalue weighted by atomic mass is 16.6. The maximum absolute atomic E-state index is 12.6. The zero-order chi connectivity index (χ0) is 17.9. The first-order valence-electron chi connectivity index (χ1n) is 7.68. The van der Waals surface area contributed by atoms with Gasteiger partial charge in [-0.05, 0) is 17.7 Å². The Labute approximate surface area is 145 Å². The van der Waals surface area contributed by atoms with E-state index >= 15 is 0 Å². The van der Waals surface area contributed by atoms with E-state index in [1.165, 1.54) is 14.2 Å². The minimum absolute atomic E-state index is 0.0452. The second-order valence-corrected chi connectivity index (χ2v) is 5.52. The molecule has 1 aliphatic heterocycles. The third-order valence-corrected chi connectivity index (χ3v) is 3.98. The van der Waals surface area contributed by atoms with Crippen LogP contribution in [0.2, 0.25) is 0 Å². The highest BCUT2D eigenvalue weighted by Crippen LogP contribution is 2.31. The zero-order valence-corrected chi connectivity index (χ0v) is 13.9. The molecule has 1 atom stereocenters. The number of ether oxygens (including phenoxy) is 3. The number of hydrogen-bond acceptors (Lipinski definition) is 6. The Morgan fingerprint density at radius 2 is 1.76 bits per heavy atom. The highest BCUT2D eigenvalue weighted by molar-refractivity contribution is 6.17. The van der Waals surface area contributed by atoms with Crippen molar-refractivity contribution in [2.24, 2.45) is 4.99 Å². The molecule has 6 nitrogen and oxygen atoms in total. The number of hydrogen-bond donors (Lipinski definition) is 0. The standard InChI is InChI=1S/C19H17NO5/c1-23-15-11-7-6-10-14(15)16-20-19(17(21)24-2,18(22)25-16)12-13-8-4-3-5-9-13/h3-11H,12H2,1-2H3/t19-/m1/s1. The maximum Gasteiger partial charge on any atom is 0.353 e. The van der Waals surface area contributed by atoms with Gasteiger partial charge in [0.25, 0.3) is 5.54 Å². The monoisotopic (exact) mass is 339 g/mol. The Bertz CT molecular complexity index is 831. The van der Waals surface area contributed by atoms with Gasteiger partial charge in [0.05, 0.1) is 19.8 Å². The van der Waals surface area contributed by atoms with Gasteiger partial charge in [0.1, 0.15) is 5.75 Å². The summed E-state index contributed by atoms with van der Waals surface area (Å²) in [5.74, 6) is -0.978. The summed E-state index contributed by atoms with van der Waals surface area (Å²) in [5, 5.41) is 0. The fraction of sp³-hybridized carbons (Fsp3) is 0.211. The van der Waals surface area contributed by atoms with Crippen LogP contribution in [0.3, 0.4) is 0 Å². The van der Waals surface area contributed by atoms with Gasteiger partial charge in [-0.1, -0.05) is 42.5 Å². The molecule has 0 spiro atoms. The summed E-state index contributed by atoms with van der Waals surface area (Å²) in [4.78, 5) is 29.4. The fourth-order valence-electron chi connectivity index (χ4n) is 2.72. The van der Waals surface area contributed by atoms with Crippen LogP contribution in [0.1, 0.15) is 11.1 Å². The van der Waals surface area contributed by atoms with Gasteiger partial charge in [-0.15, -0.1) is 0 Å². The van der Waals surface area contributed by atoms with Crippen LogP contribution in [0.25, 0.3) is 0 Å². The minimum atomic E-state index is -1.76. The third kappa shape index (κ3) is 2.98. The molecule has 2 aromatic carbocycles. The van der Waals surface area contributed by atoms with Crippen LogP contribution >= 0.6 is 0 Å². The molecular weight excluding hydrogens is 322 g/mol. The number of cyclic esters (lactones) is 1. The van der Waals surface area contributed by atoms with Crippen molar-refractivity contribution in [3.05, 3.63) is 65.7 Å². The number of methoxy groups -OCH3 is 2. The van der Waals surface area contributed by atoms with Crippen LogP contribution in [0.5, 0.6) is 5.75 Å². The quantitative estimate of drug-likeness (QED) is 0.616. The van der Waals surface area contributed by atoms with Gasteiger partial charge in [0, 0.05) is 6.42 Å². The average molecular weight is 339 g/mol. The Morgan fingerprint density at radius 3 is 2.44 bits per heavy atom. The molecule has 2 aromatic rings. The van der Waals surface area contributed by atoms with Crippen molar-refractivity contribution in [2.75, 3.05) is 14.2 Å². The molecule has 0 radical (unpaired) electrons. The molecule has 0 amide bonds. The van der Waals surface area contributed by atoms with E-state index in [2.05, 4.69) is 4.99 Å². The van der Waals surface area contributed by atoms with Crippen molar-refractivity contribution in [2.45, 2.75) is 12.0 Å². The lowest BCUT2D eigenvalue weighted by Gasteiger charge is -2.18. The first-order chi connectivity index (χ1) is 12.1. The third-order valence-electron chi connectivity index (χ3n) is 3.98. The van der Waals surface area contributed by atoms with Crippen LogP contribution < -0.4 is 4.74 Å². The van der Waals surface area contributed by atoms with Gasteiger partial charge < -0.3 is 14.2 Å². The number of carbonyl (C=O) groups excluding carboxylic acids is 2. The molecule has 0 fully saturated rings. The van der Waals surface area contributed by atoms with Crippen molar-refractivity contribution in [1.29, 1.82) is 0 Å². The number of nitrogens with zero attached hydrogens (tertiary/aromatic N) is 1. The molecule has 1 heterocycles. The molecule has 0 bridgehead atoms. The lowest BCUT2D eigenvalue weighted by molar-refractivity contribution is -0.155. The van der Waals surface area contributed by atoms with Crippen LogP contribution in [-0.4, -0.2) is 37.6 Å². The predicted octanol–water partition coefficient (Wildman–Crippen LogP) is 2.15. The molecule has 0 saturated heterocycles. The van der Waals surface area contributed by atoms with Crippen molar-refractivity contribution in [3.8, 4) is 5.75 Å². The molecule has 0 aromatic heterocycles. The lowest BCUT2D eigenvalue weighted by Crippen LogP contribution is -2.45. The molecule has 0 aliphatic carbocycles. The SMILES string of the molecule is COC(=O)[C@@]1(Cc2ccccc2)N=C(c2ccccc2OC)OC1=O. The largest absolute Gasteiger partial charge is 0.496 e. The van der Waals surface area contributed by atoms with E-state index in [1.54, 1.807) is 24.3 Å². The summed E-state index contributed by atoms with van der Waals surface area (Å²) in [7, 11) is 2.73. The number of carbonyl (C=O) groups is 2. The van der Waals surface area contributed by atoms with Crippen LogP contribution in [0.15, 0.2) is 59.6 Å². The molecular formula is C19H17NO5. The first kappa shape index (κ1) is 16.7. The van der Waals surface area contributed by atoms with E-state index in [1.807, 2.05) is 30.3 Å². The van der Waals surface area contributed by atoms with E-state index in [0.717, 1.165) is 5.56 Å². The average Bonchev–Trinajstić information content (AvgIpc) is 2.99. The summed E-state index contributed by atoms with van der Waals surface area (Å²) in [5.41, 5.74) is -0.487. The van der Waals surface area contributed by atoms with Gasteiger partial charge in [0.15, 0.2) is 0 Å². The van der Waals surface area contributed by atoms with Gasteiger partial charge in [-0.3, -0.25) is 0 Å². The number of esters is 2. The normalized spacial score (nSPS) is 19.1. The van der Waals surface area contributed by atoms with Gasteiger partial charge in [0.2, 0.25) is 5.90 Å². The Hall–Kier alpha value is -3.15. The van der Waals surface area contributed by atoms with Crippen molar-refractivity contribution in [3.63, 3.8) is 0 Å². The number of para-hydroxylation sites is 1. The molecule has 0 N–H and O–H groups in total. The molecule has 25 heavy (non-hydrogen) atoms. The Kier molecular flexibility index (Phi) is 4.52. The fourth-order valence-corrected chi connectivity index (χ4v) is 2.72. The van der Waals surface area contributed by atoms with Gasteiger partial charge in [-0.2, -0.15) is 0 Å². The van der Waals surface area contributed by atoms with E-state index in [-0.39, 0.29) is 12.3 Å². The minimum Gasteiger partial charge on any atom is -0.496 e. The van der Waals surface area contributed by atoms with Gasteiger partial charge >= 0.3 is 11.9 Å². The Balaban J connectivity index is 2.07. The summed E-state index contributed by atoms with van der Waals surface area (Å²) in [6.45, 7) is 0. The molecule has 128 valence electrons. The van der Waals surface area contributed by atoms with Crippen molar-refractivity contribution >= 4 is 17.8 Å². The maximum atomic E-state index is 12.6. The molecule has 1 aliphatic rings. The second-order valence-electron chi connectivity index (χ2n) is 5.52. The van der Waals surface area contributed by atoms with E-state index < -0.39 is 17.5 Å². The van der Waals surface area contributed by atoms with E-state index in [9.17, 15) is 9.59 Å². The Morgan fingerprint density at radius 1 is 1.08 bits per heavy atom. The topological polar surface area (TPSA) is 74.2 Å². The van der Waals surface area contributed by atoms with E-state index in [4.69, 9.17) is 14.2 Å². The lowest BCUT2D eigenvalue weighted by atomic mass is 9.92. The summed E-state index contributed by atoms with van der Waals surface area (Å²) in [6, 6.07) is 16.1. The van der Waals surface area contributed by atoms with Crippen molar-refractivity contribution in [1.82, 2.24) is 0 Å². The number of aliphatic imine (C=N–C) groups is 1. The molecule has 3 rings (SSSR count). The zero-order valence-electron chi connectivity index (χ0n) is 13.9. The predicted molar refractivity (Wildman–Crippen MR) is 90.5 cm³/mol. The molecule has 0 saturated carbocycles. The summed E-state index contributed by atoms with van der Waals surface area (Å²) in [6.07, 6.45) is 0.0536. The van der Waals surface area contributed by atoms with Gasteiger partial charge in [-0.25, -0.2) is 14.6 Å². The smallest absolute Gasteiger partial charge is 0.353 e. The molecule has 0 unspecified atom stereocenters. The summed E-state index contributed by atoms with van der Waals surface area (Å²) >= 11 is 0. The second kappa shape index (κ2) is 6.76. The first-order valence-corrected chi connectivity index (χ1v) is 7.68.